The van der Waals surface area contributed by atoms with Gasteiger partial charge in [0.15, 0.2) is 5.13 Å². The van der Waals surface area contributed by atoms with E-state index < -0.39 is 0 Å². The van der Waals surface area contributed by atoms with Crippen LogP contribution in [0.15, 0.2) is 73.1 Å². The summed E-state index contributed by atoms with van der Waals surface area (Å²) in [5, 5.41) is 19.1. The Morgan fingerprint density at radius 2 is 1.37 bits per heavy atom. The summed E-state index contributed by atoms with van der Waals surface area (Å²) in [6.07, 6.45) is 9.03. The minimum atomic E-state index is -0.291. The lowest BCUT2D eigenvalue weighted by atomic mass is 9.85. The summed E-state index contributed by atoms with van der Waals surface area (Å²) < 4.78 is 29.7. The third-order valence-electron chi connectivity index (χ3n) is 15.3. The minimum absolute atomic E-state index is 0.0333. The maximum absolute atomic E-state index is 13.3. The molecule has 1 saturated heterocycles. The van der Waals surface area contributed by atoms with E-state index in [1.54, 1.807) is 33.9 Å². The average molecular weight is 1290 g/mol. The van der Waals surface area contributed by atoms with E-state index in [9.17, 15) is 28.8 Å². The molecule has 0 spiro atoms. The van der Waals surface area contributed by atoms with Gasteiger partial charge < -0.3 is 70.0 Å². The molecule has 0 bridgehead atoms. The Labute approximate surface area is 537 Å². The maximum Gasteiger partial charge on any atom is 0.268 e. The second-order valence-corrected chi connectivity index (χ2v) is 23.6. The van der Waals surface area contributed by atoms with Gasteiger partial charge in [0.25, 0.3) is 11.8 Å². The molecule has 7 rings (SSSR count). The van der Waals surface area contributed by atoms with Crippen molar-refractivity contribution in [2.45, 2.75) is 98.1 Å². The molecule has 0 radical (unpaired) electrons. The van der Waals surface area contributed by atoms with Crippen molar-refractivity contribution in [2.24, 2.45) is 5.92 Å². The molecule has 26 heteroatoms. The number of para-hydroxylation sites is 1. The number of nitrogens with zero attached hydrogens (tertiary/aromatic N) is 7. The Kier molecular flexibility index (Phi) is 30.1. The topological polar surface area (TPSA) is 274 Å². The van der Waals surface area contributed by atoms with Crippen LogP contribution in [0.3, 0.4) is 0 Å². The van der Waals surface area contributed by atoms with Gasteiger partial charge in [0.2, 0.25) is 23.6 Å². The first-order valence-corrected chi connectivity index (χ1v) is 32.6. The number of hydrogen-bond donors (Lipinski definition) is 6. The van der Waals surface area contributed by atoms with Gasteiger partial charge in [0.1, 0.15) is 34.6 Å². The number of amides is 6. The lowest BCUT2D eigenvalue weighted by molar-refractivity contribution is -0.126. The molecule has 1 aliphatic heterocycles. The van der Waals surface area contributed by atoms with Crippen LogP contribution in [0.5, 0.6) is 0 Å². The van der Waals surface area contributed by atoms with Crippen molar-refractivity contribution < 1.29 is 52.5 Å². The van der Waals surface area contributed by atoms with Gasteiger partial charge in [-0.05, 0) is 108 Å². The lowest BCUT2D eigenvalue weighted by Crippen LogP contribution is -2.47. The zero-order chi connectivity index (χ0) is 63.9. The Bertz CT molecular complexity index is 3040. The normalized spacial score (nSPS) is 15.1. The molecule has 6 N–H and O–H groups in total. The summed E-state index contributed by atoms with van der Waals surface area (Å²) in [4.78, 5) is 97.3. The van der Waals surface area contributed by atoms with Crippen LogP contribution in [-0.2, 0) is 49.4 Å². The van der Waals surface area contributed by atoms with Gasteiger partial charge in [-0.2, -0.15) is 0 Å². The summed E-state index contributed by atoms with van der Waals surface area (Å²) in [6, 6.07) is 18.6. The van der Waals surface area contributed by atoms with Crippen LogP contribution in [0.2, 0.25) is 5.02 Å². The first-order valence-electron chi connectivity index (χ1n) is 31.4. The number of aromatic nitrogens is 4. The van der Waals surface area contributed by atoms with Crippen molar-refractivity contribution >= 4 is 86.5 Å². The molecule has 90 heavy (non-hydrogen) atoms. The van der Waals surface area contributed by atoms with Crippen LogP contribution in [0, 0.1) is 26.7 Å². The number of nitrogens with one attached hydrogen (secondary N) is 6. The predicted molar refractivity (Wildman–Crippen MR) is 348 cm³/mol. The molecule has 0 atom stereocenters. The number of benzene rings is 2. The molecule has 2 aromatic carbocycles. The summed E-state index contributed by atoms with van der Waals surface area (Å²) in [7, 11) is 0. The molecule has 24 nitrogen and oxygen atoms in total. The van der Waals surface area contributed by atoms with Crippen molar-refractivity contribution in [3.05, 3.63) is 106 Å². The SMILES string of the molecule is CCN(C(=O)Cn1cccc1C(=O)NC1CCC(C(=O)NCCCCCC(=O)NCCOCCOCCOCCOCCC(=O)NCCOCCN2CCN(c3cc(Nc4ncc(C(=O)Nc5c(C)cccc5Cl)s4)nc(C)n3)CC2)CC1)c1cccc(C)c1. The van der Waals surface area contributed by atoms with E-state index in [1.165, 1.54) is 17.5 Å². The Balaban J connectivity index is 0.590. The Morgan fingerprint density at radius 3 is 2.07 bits per heavy atom. The van der Waals surface area contributed by atoms with Crippen LogP contribution in [0.25, 0.3) is 0 Å². The van der Waals surface area contributed by atoms with E-state index in [0.29, 0.717) is 156 Å². The highest BCUT2D eigenvalue weighted by Gasteiger charge is 2.28. The van der Waals surface area contributed by atoms with Gasteiger partial charge in [-0.15, -0.1) is 0 Å². The molecule has 0 unspecified atom stereocenters. The second-order valence-electron chi connectivity index (χ2n) is 22.2. The third-order valence-corrected chi connectivity index (χ3v) is 16.6. The molecule has 6 amide bonds. The largest absolute Gasteiger partial charge is 0.379 e. The van der Waals surface area contributed by atoms with Gasteiger partial charge in [-0.3, -0.25) is 33.7 Å². The number of carbonyl (C=O) groups excluding carboxylic acids is 6. The van der Waals surface area contributed by atoms with Crippen molar-refractivity contribution in [2.75, 3.05) is 145 Å². The molecule has 2 fully saturated rings. The highest BCUT2D eigenvalue weighted by molar-refractivity contribution is 7.17. The number of thiazole rings is 1. The smallest absolute Gasteiger partial charge is 0.268 e. The van der Waals surface area contributed by atoms with Crippen molar-refractivity contribution in [3.63, 3.8) is 0 Å². The number of likely N-dealkylation sites (N-methyl/N-ethyl adjacent to an activating group) is 1. The highest BCUT2D eigenvalue weighted by atomic mass is 35.5. The number of unbranched alkanes of at least 4 members (excludes halogenated alkanes) is 2. The molecule has 1 saturated carbocycles. The fourth-order valence-corrected chi connectivity index (χ4v) is 11.4. The molecule has 4 heterocycles. The van der Waals surface area contributed by atoms with Crippen LogP contribution in [0.1, 0.15) is 102 Å². The first kappa shape index (κ1) is 70.4. The summed E-state index contributed by atoms with van der Waals surface area (Å²) in [6.45, 7) is 17.7. The summed E-state index contributed by atoms with van der Waals surface area (Å²) >= 11 is 7.52. The van der Waals surface area contributed by atoms with E-state index in [1.807, 2.05) is 70.2 Å². The van der Waals surface area contributed by atoms with Crippen LogP contribution < -0.4 is 41.7 Å². The van der Waals surface area contributed by atoms with Gasteiger partial charge in [-0.25, -0.2) is 15.0 Å². The number of ether oxygens (including phenoxy) is 5. The van der Waals surface area contributed by atoms with E-state index in [2.05, 4.69) is 56.7 Å². The monoisotopic (exact) mass is 1280 g/mol. The molecule has 3 aromatic heterocycles. The molecule has 1 aliphatic carbocycles. The number of halogens is 1. The number of anilines is 5. The minimum Gasteiger partial charge on any atom is -0.379 e. The molecule has 490 valence electrons. The van der Waals surface area contributed by atoms with Crippen molar-refractivity contribution in [3.8, 4) is 0 Å². The van der Waals surface area contributed by atoms with E-state index in [-0.39, 0.29) is 67.0 Å². The zero-order valence-corrected chi connectivity index (χ0v) is 54.1. The number of carbonyl (C=O) groups is 6. The maximum atomic E-state index is 13.3. The van der Waals surface area contributed by atoms with Crippen LogP contribution in [0.4, 0.5) is 28.1 Å². The van der Waals surface area contributed by atoms with Gasteiger partial charge in [0, 0.05) is 102 Å². The van der Waals surface area contributed by atoms with E-state index in [4.69, 9.17) is 35.3 Å². The highest BCUT2D eigenvalue weighted by Crippen LogP contribution is 2.29. The fourth-order valence-electron chi connectivity index (χ4n) is 10.4. The molecule has 5 aromatic rings. The van der Waals surface area contributed by atoms with Gasteiger partial charge in [-0.1, -0.05) is 53.6 Å². The number of rotatable bonds is 39. The Morgan fingerprint density at radius 1 is 0.689 bits per heavy atom. The lowest BCUT2D eigenvalue weighted by Gasteiger charge is -2.35. The second kappa shape index (κ2) is 38.6. The quantitative estimate of drug-likeness (QED) is 0.0219. The van der Waals surface area contributed by atoms with Crippen molar-refractivity contribution in [1.29, 1.82) is 0 Å². The standard InChI is InChI=1S/C64H90ClN13O11S/c1-5-78(51-14-9-12-46(2)42-51)59(81)45-77-26-11-16-53(77)62(83)72-50-20-18-49(19-21-50)61(82)68-23-8-6-7-17-57(79)66-25-34-87-37-39-89-41-40-88-38-36-85-32-22-58(80)67-24-33-86-35-31-75-27-29-76(30-28-75)56-43-55(70-48(4)71-56)73-64-69-44-54(90-64)63(84)74-60-47(3)13-10-15-52(60)65/h9-16,26,42-44,49-50H,5-8,17-25,27-41,45H2,1-4H3,(H,66,79)(H,67,80)(H,68,82)(H,72,83)(H,74,84)(H,69,70,71,73). The number of aryl methyl sites for hydroxylation is 3. The van der Waals surface area contributed by atoms with Crippen LogP contribution in [-0.4, -0.2) is 191 Å². The van der Waals surface area contributed by atoms with Crippen molar-refractivity contribution in [1.82, 2.24) is 45.7 Å². The van der Waals surface area contributed by atoms with E-state index in [0.717, 1.165) is 74.6 Å². The Hall–Kier alpha value is -7.10. The van der Waals surface area contributed by atoms with Gasteiger partial charge >= 0.3 is 0 Å². The molecular formula is C64H90ClN13O11S. The van der Waals surface area contributed by atoms with E-state index >= 15 is 0 Å². The third kappa shape index (κ3) is 24.3. The fraction of sp³-hybridized carbons (Fsp3) is 0.547. The van der Waals surface area contributed by atoms with Crippen LogP contribution >= 0.6 is 22.9 Å². The molecular weight excluding hydrogens is 1190 g/mol. The predicted octanol–water partition coefficient (Wildman–Crippen LogP) is 6.86. The summed E-state index contributed by atoms with van der Waals surface area (Å²) in [5.41, 5.74) is 3.78. The zero-order valence-electron chi connectivity index (χ0n) is 52.5. The average Bonchev–Trinajstić information content (AvgIpc) is 4.11. The summed E-state index contributed by atoms with van der Waals surface area (Å²) in [5.74, 6) is 1.22. The van der Waals surface area contributed by atoms with Gasteiger partial charge in [0.05, 0.1) is 83.0 Å². The first-order chi connectivity index (χ1) is 43.7. The number of piperazine rings is 1. The molecule has 2 aliphatic rings. The number of hydrogen-bond acceptors (Lipinski definition) is 18.